The van der Waals surface area contributed by atoms with Gasteiger partial charge in [0.15, 0.2) is 5.82 Å². The zero-order chi connectivity index (χ0) is 30.6. The number of piperazine rings is 1. The van der Waals surface area contributed by atoms with Gasteiger partial charge in [0.25, 0.3) is 5.56 Å². The van der Waals surface area contributed by atoms with Gasteiger partial charge in [0.2, 0.25) is 0 Å². The highest BCUT2D eigenvalue weighted by Crippen LogP contribution is 2.33. The number of fused-ring (bicyclic) bond motifs is 1. The lowest BCUT2D eigenvalue weighted by molar-refractivity contribution is 0.0778. The second-order valence-electron chi connectivity index (χ2n) is 11.8. The molecule has 10 heteroatoms. The number of nitrogens with zero attached hydrogens (tertiary/aromatic N) is 6. The molecule has 2 aromatic heterocycles. The van der Waals surface area contributed by atoms with Crippen molar-refractivity contribution in [2.75, 3.05) is 39.4 Å². The molecule has 0 amide bonds. The van der Waals surface area contributed by atoms with Crippen LogP contribution in [0.1, 0.15) is 54.4 Å². The molecule has 0 radical (unpaired) electrons. The summed E-state index contributed by atoms with van der Waals surface area (Å²) in [6, 6.07) is 28.8. The van der Waals surface area contributed by atoms with Gasteiger partial charge < -0.3 is 14.5 Å². The summed E-state index contributed by atoms with van der Waals surface area (Å²) in [5, 5.41) is 13.9. The van der Waals surface area contributed by atoms with Crippen LogP contribution in [0.4, 0.5) is 0 Å². The van der Waals surface area contributed by atoms with E-state index in [1.165, 1.54) is 11.1 Å². The summed E-state index contributed by atoms with van der Waals surface area (Å²) in [6.45, 7) is 6.96. The SMILES string of the molecule is CCOc1ccc2[nH]c(=O)c([C@@H](c3nnnn3C[C@@H]3CCCO3)N3CCN(C(c4ccccc4)c4ccccc4)CC3)cc2c1. The summed E-state index contributed by atoms with van der Waals surface area (Å²) in [6.07, 6.45) is 2.06. The molecule has 0 aliphatic carbocycles. The molecule has 232 valence electrons. The van der Waals surface area contributed by atoms with E-state index in [0.717, 1.165) is 62.3 Å². The first-order valence-electron chi connectivity index (χ1n) is 15.9. The van der Waals surface area contributed by atoms with E-state index >= 15 is 0 Å². The highest BCUT2D eigenvalue weighted by molar-refractivity contribution is 5.80. The van der Waals surface area contributed by atoms with Crippen LogP contribution in [0.2, 0.25) is 0 Å². The van der Waals surface area contributed by atoms with Gasteiger partial charge in [-0.25, -0.2) is 4.68 Å². The topological polar surface area (TPSA) is 101 Å². The van der Waals surface area contributed by atoms with E-state index in [1.807, 2.05) is 35.9 Å². The van der Waals surface area contributed by atoms with Crippen molar-refractivity contribution in [2.24, 2.45) is 0 Å². The molecule has 0 unspecified atom stereocenters. The number of hydrogen-bond acceptors (Lipinski definition) is 8. The second kappa shape index (κ2) is 13.3. The normalized spacial score (nSPS) is 18.5. The van der Waals surface area contributed by atoms with Gasteiger partial charge in [-0.2, -0.15) is 0 Å². The van der Waals surface area contributed by atoms with Crippen LogP contribution in [-0.2, 0) is 11.3 Å². The average molecular weight is 606 g/mol. The fourth-order valence-corrected chi connectivity index (χ4v) is 6.82. The molecule has 5 aromatic rings. The molecule has 0 saturated carbocycles. The van der Waals surface area contributed by atoms with Gasteiger partial charge in [0.1, 0.15) is 11.8 Å². The molecule has 2 aliphatic heterocycles. The third kappa shape index (κ3) is 6.26. The highest BCUT2D eigenvalue weighted by Gasteiger charge is 2.35. The number of ether oxygens (including phenoxy) is 2. The largest absolute Gasteiger partial charge is 0.494 e. The van der Waals surface area contributed by atoms with Gasteiger partial charge in [-0.15, -0.1) is 5.10 Å². The van der Waals surface area contributed by atoms with Crippen molar-refractivity contribution in [3.63, 3.8) is 0 Å². The van der Waals surface area contributed by atoms with Crippen LogP contribution in [0, 0.1) is 0 Å². The van der Waals surface area contributed by atoms with Crippen LogP contribution in [0.5, 0.6) is 5.75 Å². The monoisotopic (exact) mass is 605 g/mol. The van der Waals surface area contributed by atoms with Gasteiger partial charge in [-0.1, -0.05) is 60.7 Å². The number of pyridine rings is 1. The van der Waals surface area contributed by atoms with Crippen molar-refractivity contribution >= 4 is 10.9 Å². The minimum Gasteiger partial charge on any atom is -0.494 e. The van der Waals surface area contributed by atoms with Crippen LogP contribution in [0.15, 0.2) is 89.7 Å². The Bertz CT molecular complexity index is 1720. The molecule has 3 aromatic carbocycles. The standard InChI is InChI=1S/C35H39N7O3/c1-2-44-28-15-16-31-27(22-28)23-30(35(43)36-31)33(34-37-38-39-42(34)24-29-14-9-21-45-29)41-19-17-40(18-20-41)32(25-10-5-3-6-11-25)26-12-7-4-8-13-26/h3-8,10-13,15-16,22-23,29,32-33H,2,9,14,17-21,24H2,1H3,(H,36,43)/t29-,33-/m0/s1. The van der Waals surface area contributed by atoms with Crippen LogP contribution in [0.3, 0.4) is 0 Å². The zero-order valence-electron chi connectivity index (χ0n) is 25.6. The van der Waals surface area contributed by atoms with Crippen molar-refractivity contribution in [2.45, 2.75) is 44.5 Å². The lowest BCUT2D eigenvalue weighted by Gasteiger charge is -2.42. The summed E-state index contributed by atoms with van der Waals surface area (Å²) in [5.74, 6) is 1.43. The number of nitrogens with one attached hydrogen (secondary N) is 1. The first kappa shape index (κ1) is 29.3. The Morgan fingerprint density at radius 3 is 2.24 bits per heavy atom. The van der Waals surface area contributed by atoms with Crippen LogP contribution < -0.4 is 10.3 Å². The van der Waals surface area contributed by atoms with Crippen molar-refractivity contribution in [3.8, 4) is 5.75 Å². The maximum atomic E-state index is 13.8. The quantitative estimate of drug-likeness (QED) is 0.247. The van der Waals surface area contributed by atoms with E-state index in [2.05, 4.69) is 91.0 Å². The van der Waals surface area contributed by atoms with Gasteiger partial charge in [0, 0.05) is 49.3 Å². The van der Waals surface area contributed by atoms with Gasteiger partial charge in [0.05, 0.1) is 25.3 Å². The number of aromatic amines is 1. The van der Waals surface area contributed by atoms with Crippen LogP contribution in [0.25, 0.3) is 10.9 Å². The molecule has 2 saturated heterocycles. The summed E-state index contributed by atoms with van der Waals surface area (Å²) < 4.78 is 13.5. The Kier molecular flexibility index (Phi) is 8.68. The number of tetrazole rings is 1. The molecule has 2 atom stereocenters. The Hall–Kier alpha value is -4.38. The molecule has 2 aliphatic rings. The number of hydrogen-bond donors (Lipinski definition) is 1. The summed E-state index contributed by atoms with van der Waals surface area (Å²) >= 11 is 0. The molecule has 1 N–H and O–H groups in total. The van der Waals surface area contributed by atoms with Crippen LogP contribution >= 0.6 is 0 Å². The maximum absolute atomic E-state index is 13.8. The molecular formula is C35H39N7O3. The second-order valence-corrected chi connectivity index (χ2v) is 11.8. The van der Waals surface area contributed by atoms with Crippen molar-refractivity contribution in [1.82, 2.24) is 35.0 Å². The van der Waals surface area contributed by atoms with Crippen molar-refractivity contribution in [1.29, 1.82) is 0 Å². The van der Waals surface area contributed by atoms with Gasteiger partial charge in [-0.3, -0.25) is 14.6 Å². The predicted molar refractivity (Wildman–Crippen MR) is 172 cm³/mol. The van der Waals surface area contributed by atoms with Gasteiger partial charge >= 0.3 is 0 Å². The number of H-pyrrole nitrogens is 1. The third-order valence-electron chi connectivity index (χ3n) is 8.96. The minimum absolute atomic E-state index is 0.0610. The van der Waals surface area contributed by atoms with Gasteiger partial charge in [-0.05, 0) is 65.6 Å². The number of benzene rings is 3. The number of rotatable bonds is 10. The molecule has 2 fully saturated rings. The molecule has 10 nitrogen and oxygen atoms in total. The Labute approximate surface area is 262 Å². The van der Waals surface area contributed by atoms with E-state index < -0.39 is 6.04 Å². The van der Waals surface area contributed by atoms with Crippen molar-refractivity contribution in [3.05, 3.63) is 118 Å². The van der Waals surface area contributed by atoms with E-state index in [1.54, 1.807) is 0 Å². The fourth-order valence-electron chi connectivity index (χ4n) is 6.82. The average Bonchev–Trinajstić information content (AvgIpc) is 3.76. The highest BCUT2D eigenvalue weighted by atomic mass is 16.5. The molecule has 4 heterocycles. The lowest BCUT2D eigenvalue weighted by atomic mass is 9.96. The van der Waals surface area contributed by atoms with Crippen LogP contribution in [-0.4, -0.2) is 80.5 Å². The van der Waals surface area contributed by atoms with E-state index in [-0.39, 0.29) is 17.7 Å². The Morgan fingerprint density at radius 1 is 0.911 bits per heavy atom. The van der Waals surface area contributed by atoms with E-state index in [0.29, 0.717) is 24.5 Å². The third-order valence-corrected chi connectivity index (χ3v) is 8.96. The fraction of sp³-hybridized carbons (Fsp3) is 0.371. The Morgan fingerprint density at radius 2 is 1.60 bits per heavy atom. The molecule has 0 spiro atoms. The summed E-state index contributed by atoms with van der Waals surface area (Å²) in [5.41, 5.74) is 3.78. The minimum atomic E-state index is -0.431. The summed E-state index contributed by atoms with van der Waals surface area (Å²) in [7, 11) is 0. The zero-order valence-corrected chi connectivity index (χ0v) is 25.6. The number of aromatic nitrogens is 5. The molecule has 45 heavy (non-hydrogen) atoms. The maximum Gasteiger partial charge on any atom is 0.253 e. The van der Waals surface area contributed by atoms with Crippen molar-refractivity contribution < 1.29 is 9.47 Å². The van der Waals surface area contributed by atoms with E-state index in [4.69, 9.17) is 9.47 Å². The van der Waals surface area contributed by atoms with E-state index in [9.17, 15) is 4.79 Å². The summed E-state index contributed by atoms with van der Waals surface area (Å²) in [4.78, 5) is 21.8. The smallest absolute Gasteiger partial charge is 0.253 e. The first-order chi connectivity index (χ1) is 22.2. The predicted octanol–water partition coefficient (Wildman–Crippen LogP) is 4.59. The molecule has 0 bridgehead atoms. The molecular weight excluding hydrogens is 566 g/mol. The lowest BCUT2D eigenvalue weighted by Crippen LogP contribution is -2.50. The first-order valence-corrected chi connectivity index (χ1v) is 15.9. The Balaban J connectivity index is 1.24. The molecule has 7 rings (SSSR count).